The van der Waals surface area contributed by atoms with Crippen LogP contribution in [-0.4, -0.2) is 39.9 Å². The molecule has 0 saturated heterocycles. The molecule has 2 atom stereocenters. The zero-order valence-electron chi connectivity index (χ0n) is 12.3. The second-order valence-corrected chi connectivity index (χ2v) is 6.15. The van der Waals surface area contributed by atoms with Crippen LogP contribution in [0.2, 0.25) is 0 Å². The van der Waals surface area contributed by atoms with Gasteiger partial charge in [0.25, 0.3) is 0 Å². The first-order chi connectivity index (χ1) is 8.27. The summed E-state index contributed by atoms with van der Waals surface area (Å²) in [5.74, 6) is 0. The van der Waals surface area contributed by atoms with E-state index in [1.807, 2.05) is 27.7 Å². The molecular formula is C14H27NO3. The van der Waals surface area contributed by atoms with Crippen molar-refractivity contribution in [1.29, 1.82) is 0 Å². The molecule has 4 heteroatoms. The van der Waals surface area contributed by atoms with E-state index in [-0.39, 0.29) is 11.6 Å². The lowest BCUT2D eigenvalue weighted by Gasteiger charge is -2.33. The summed E-state index contributed by atoms with van der Waals surface area (Å²) in [6.45, 7) is 10.2. The van der Waals surface area contributed by atoms with Gasteiger partial charge in [0, 0.05) is 13.0 Å². The summed E-state index contributed by atoms with van der Waals surface area (Å²) in [6.07, 6.45) is 2.93. The highest BCUT2D eigenvalue weighted by Crippen LogP contribution is 2.46. The van der Waals surface area contributed by atoms with E-state index in [4.69, 9.17) is 4.74 Å². The maximum Gasteiger partial charge on any atom is 0.410 e. The lowest BCUT2D eigenvalue weighted by molar-refractivity contribution is 0.00638. The van der Waals surface area contributed by atoms with Gasteiger partial charge in [-0.2, -0.15) is 0 Å². The van der Waals surface area contributed by atoms with E-state index in [2.05, 4.69) is 6.92 Å². The molecule has 0 radical (unpaired) electrons. The summed E-state index contributed by atoms with van der Waals surface area (Å²) >= 11 is 0. The minimum Gasteiger partial charge on any atom is -0.444 e. The molecule has 0 spiro atoms. The van der Waals surface area contributed by atoms with Gasteiger partial charge >= 0.3 is 6.09 Å². The van der Waals surface area contributed by atoms with E-state index in [0.717, 1.165) is 19.3 Å². The second-order valence-electron chi connectivity index (χ2n) is 6.15. The highest BCUT2D eigenvalue weighted by Gasteiger charge is 2.58. The second kappa shape index (κ2) is 5.47. The molecule has 1 saturated carbocycles. The number of amides is 1. The summed E-state index contributed by atoms with van der Waals surface area (Å²) in [7, 11) is 0. The van der Waals surface area contributed by atoms with Crippen molar-refractivity contribution < 1.29 is 14.6 Å². The molecule has 1 amide bonds. The van der Waals surface area contributed by atoms with Gasteiger partial charge in [-0.25, -0.2) is 4.79 Å². The maximum atomic E-state index is 12.2. The first kappa shape index (κ1) is 15.3. The topological polar surface area (TPSA) is 49.8 Å². The molecular weight excluding hydrogens is 230 g/mol. The van der Waals surface area contributed by atoms with E-state index in [1.54, 1.807) is 4.90 Å². The standard InChI is InChI=1S/C14H27NO3/c1-6-8-9-14(10-11(14)16)15(7-2)12(17)18-13(3,4)5/h11,16H,6-10H2,1-5H3/t11?,14-/m0/s1. The highest BCUT2D eigenvalue weighted by molar-refractivity contribution is 5.70. The van der Waals surface area contributed by atoms with Crippen molar-refractivity contribution in [2.24, 2.45) is 0 Å². The van der Waals surface area contributed by atoms with Crippen LogP contribution in [0.4, 0.5) is 4.79 Å². The number of hydrogen-bond acceptors (Lipinski definition) is 3. The van der Waals surface area contributed by atoms with Crippen molar-refractivity contribution in [3.8, 4) is 0 Å². The molecule has 1 rings (SSSR count). The van der Waals surface area contributed by atoms with Gasteiger partial charge in [0.1, 0.15) is 5.60 Å². The maximum absolute atomic E-state index is 12.2. The molecule has 0 aromatic carbocycles. The highest BCUT2D eigenvalue weighted by atomic mass is 16.6. The molecule has 1 unspecified atom stereocenters. The monoisotopic (exact) mass is 257 g/mol. The van der Waals surface area contributed by atoms with Crippen LogP contribution in [0.15, 0.2) is 0 Å². The minimum absolute atomic E-state index is 0.308. The number of likely N-dealkylation sites (N-methyl/N-ethyl adjacent to an activating group) is 1. The Labute approximate surface area is 110 Å². The predicted octanol–water partition coefficient (Wildman–Crippen LogP) is 2.94. The molecule has 18 heavy (non-hydrogen) atoms. The number of rotatable bonds is 5. The largest absolute Gasteiger partial charge is 0.444 e. The van der Waals surface area contributed by atoms with Crippen molar-refractivity contribution in [2.45, 2.75) is 77.5 Å². The third-order valence-corrected chi connectivity index (χ3v) is 3.44. The third kappa shape index (κ3) is 3.37. The minimum atomic E-state index is -0.490. The molecule has 106 valence electrons. The van der Waals surface area contributed by atoms with E-state index in [0.29, 0.717) is 13.0 Å². The Kier molecular flexibility index (Phi) is 4.65. The number of unbranched alkanes of at least 4 members (excludes halogenated alkanes) is 1. The van der Waals surface area contributed by atoms with Gasteiger partial charge in [-0.05, 0) is 34.1 Å². The number of nitrogens with zero attached hydrogens (tertiary/aromatic N) is 1. The molecule has 1 fully saturated rings. The quantitative estimate of drug-likeness (QED) is 0.823. The van der Waals surface area contributed by atoms with E-state index < -0.39 is 11.7 Å². The molecule has 1 N–H and O–H groups in total. The van der Waals surface area contributed by atoms with Crippen molar-refractivity contribution in [3.63, 3.8) is 0 Å². The smallest absolute Gasteiger partial charge is 0.410 e. The fourth-order valence-electron chi connectivity index (χ4n) is 2.40. The average molecular weight is 257 g/mol. The molecule has 1 aliphatic rings. The Morgan fingerprint density at radius 3 is 2.33 bits per heavy atom. The number of aliphatic hydroxyl groups excluding tert-OH is 1. The molecule has 0 heterocycles. The lowest BCUT2D eigenvalue weighted by atomic mass is 10.1. The summed E-state index contributed by atoms with van der Waals surface area (Å²) in [6, 6.07) is 0. The van der Waals surface area contributed by atoms with Crippen LogP contribution in [0.1, 0.15) is 60.3 Å². The van der Waals surface area contributed by atoms with Crippen molar-refractivity contribution in [3.05, 3.63) is 0 Å². The zero-order chi connectivity index (χ0) is 14.0. The fourth-order valence-corrected chi connectivity index (χ4v) is 2.40. The first-order valence-electron chi connectivity index (χ1n) is 6.95. The summed E-state index contributed by atoms with van der Waals surface area (Å²) in [4.78, 5) is 13.9. The fraction of sp³-hybridized carbons (Fsp3) is 0.929. The van der Waals surface area contributed by atoms with Crippen LogP contribution in [0, 0.1) is 0 Å². The van der Waals surface area contributed by atoms with Gasteiger partial charge in [0.15, 0.2) is 0 Å². The Hall–Kier alpha value is -0.770. The Morgan fingerprint density at radius 2 is 2.00 bits per heavy atom. The van der Waals surface area contributed by atoms with Crippen LogP contribution in [0.3, 0.4) is 0 Å². The lowest BCUT2D eigenvalue weighted by Crippen LogP contribution is -2.46. The SMILES string of the molecule is CCCC[C@]1(N(CC)C(=O)OC(C)(C)C)CC1O. The Bertz CT molecular complexity index is 298. The number of ether oxygens (including phenoxy) is 1. The van der Waals surface area contributed by atoms with Gasteiger partial charge < -0.3 is 14.7 Å². The predicted molar refractivity (Wildman–Crippen MR) is 71.5 cm³/mol. The van der Waals surface area contributed by atoms with E-state index in [9.17, 15) is 9.90 Å². The molecule has 0 aromatic heterocycles. The number of carbonyl (C=O) groups is 1. The van der Waals surface area contributed by atoms with Gasteiger partial charge in [-0.3, -0.25) is 0 Å². The van der Waals surface area contributed by atoms with E-state index >= 15 is 0 Å². The van der Waals surface area contributed by atoms with Gasteiger partial charge in [0.2, 0.25) is 0 Å². The molecule has 0 aromatic rings. The normalized spacial score (nSPS) is 26.9. The van der Waals surface area contributed by atoms with Crippen molar-refractivity contribution >= 4 is 6.09 Å². The number of hydrogen-bond donors (Lipinski definition) is 1. The van der Waals surface area contributed by atoms with E-state index in [1.165, 1.54) is 0 Å². The van der Waals surface area contributed by atoms with Gasteiger partial charge in [-0.15, -0.1) is 0 Å². The van der Waals surface area contributed by atoms with Crippen molar-refractivity contribution in [1.82, 2.24) is 4.90 Å². The van der Waals surface area contributed by atoms with Gasteiger partial charge in [0.05, 0.1) is 11.6 Å². The van der Waals surface area contributed by atoms with Crippen LogP contribution in [0.5, 0.6) is 0 Å². The molecule has 0 bridgehead atoms. The third-order valence-electron chi connectivity index (χ3n) is 3.44. The van der Waals surface area contributed by atoms with Gasteiger partial charge in [-0.1, -0.05) is 19.8 Å². The number of carbonyl (C=O) groups excluding carboxylic acids is 1. The van der Waals surface area contributed by atoms with Crippen LogP contribution < -0.4 is 0 Å². The summed E-state index contributed by atoms with van der Waals surface area (Å²) in [5, 5.41) is 9.90. The molecule has 0 aliphatic heterocycles. The molecule has 1 aliphatic carbocycles. The van der Waals surface area contributed by atoms with Crippen LogP contribution >= 0.6 is 0 Å². The number of aliphatic hydroxyl groups is 1. The average Bonchev–Trinajstić information content (AvgIpc) is 2.85. The zero-order valence-corrected chi connectivity index (χ0v) is 12.3. The first-order valence-corrected chi connectivity index (χ1v) is 6.95. The molecule has 4 nitrogen and oxygen atoms in total. The van der Waals surface area contributed by atoms with Crippen LogP contribution in [0.25, 0.3) is 0 Å². The Balaban J connectivity index is 2.72. The summed E-state index contributed by atoms with van der Waals surface area (Å²) < 4.78 is 5.42. The summed E-state index contributed by atoms with van der Waals surface area (Å²) in [5.41, 5.74) is -0.858. The van der Waals surface area contributed by atoms with Crippen molar-refractivity contribution in [2.75, 3.05) is 6.54 Å². The Morgan fingerprint density at radius 1 is 1.44 bits per heavy atom. The van der Waals surface area contributed by atoms with Crippen LogP contribution in [-0.2, 0) is 4.74 Å².